The van der Waals surface area contributed by atoms with E-state index >= 15 is 0 Å². The Kier molecular flexibility index (Phi) is 5.40. The molecule has 0 bridgehead atoms. The Bertz CT molecular complexity index is 1120. The number of benzene rings is 2. The first-order chi connectivity index (χ1) is 14.4. The van der Waals surface area contributed by atoms with Gasteiger partial charge in [-0.3, -0.25) is 9.78 Å². The van der Waals surface area contributed by atoms with E-state index in [-0.39, 0.29) is 11.9 Å². The molecule has 1 aliphatic rings. The molecule has 154 valence electrons. The molecule has 3 aromatic rings. The molecule has 0 atom stereocenters. The highest BCUT2D eigenvalue weighted by atomic mass is 16.2. The van der Waals surface area contributed by atoms with Crippen LogP contribution in [-0.2, 0) is 0 Å². The second kappa shape index (κ2) is 8.14. The van der Waals surface area contributed by atoms with Crippen LogP contribution in [0.25, 0.3) is 10.9 Å². The van der Waals surface area contributed by atoms with Gasteiger partial charge in [0, 0.05) is 37.3 Å². The van der Waals surface area contributed by atoms with Crippen molar-refractivity contribution in [3.63, 3.8) is 0 Å². The maximum atomic E-state index is 13.1. The fourth-order valence-electron chi connectivity index (χ4n) is 3.82. The number of aromatic nitrogens is 1. The third-order valence-corrected chi connectivity index (χ3v) is 5.51. The van der Waals surface area contributed by atoms with E-state index < -0.39 is 0 Å². The molecule has 0 unspecified atom stereocenters. The summed E-state index contributed by atoms with van der Waals surface area (Å²) in [6.07, 6.45) is 0. The van der Waals surface area contributed by atoms with E-state index in [1.54, 1.807) is 4.90 Å². The number of urea groups is 1. The molecule has 2 aromatic carbocycles. The third-order valence-electron chi connectivity index (χ3n) is 5.51. The SMILES string of the molecule is Cc1cccc(NC(=O)N2CCN(C(=O)c3cc4cc(C)ccc4nc3C)CC2)c1. The lowest BCUT2D eigenvalue weighted by molar-refractivity contribution is 0.0670. The molecule has 1 aliphatic heterocycles. The number of hydrogen-bond donors (Lipinski definition) is 1. The van der Waals surface area contributed by atoms with Crippen molar-refractivity contribution in [1.82, 2.24) is 14.8 Å². The summed E-state index contributed by atoms with van der Waals surface area (Å²) in [5, 5.41) is 3.91. The maximum absolute atomic E-state index is 13.1. The number of fused-ring (bicyclic) bond motifs is 1. The second-order valence-corrected chi connectivity index (χ2v) is 7.90. The van der Waals surface area contributed by atoms with E-state index in [0.29, 0.717) is 31.7 Å². The standard InChI is InChI=1S/C24H26N4O2/c1-16-5-4-6-20(14-16)26-24(30)28-11-9-27(10-12-28)23(29)21-15-19-13-17(2)7-8-22(19)25-18(21)3/h4-8,13-15H,9-12H2,1-3H3,(H,26,30). The van der Waals surface area contributed by atoms with Crippen molar-refractivity contribution in [2.45, 2.75) is 20.8 Å². The summed E-state index contributed by atoms with van der Waals surface area (Å²) in [5.74, 6) is -0.0258. The van der Waals surface area contributed by atoms with Gasteiger partial charge in [0.2, 0.25) is 0 Å². The van der Waals surface area contributed by atoms with E-state index in [2.05, 4.69) is 10.3 Å². The molecule has 0 saturated carbocycles. The number of nitrogens with one attached hydrogen (secondary N) is 1. The van der Waals surface area contributed by atoms with Crippen LogP contribution in [-0.4, -0.2) is 52.9 Å². The van der Waals surface area contributed by atoms with Crippen molar-refractivity contribution in [3.8, 4) is 0 Å². The molecule has 0 aliphatic carbocycles. The molecule has 2 heterocycles. The molecule has 1 saturated heterocycles. The molecular formula is C24H26N4O2. The Morgan fingerprint density at radius 1 is 0.867 bits per heavy atom. The lowest BCUT2D eigenvalue weighted by Gasteiger charge is -2.35. The average molecular weight is 402 g/mol. The quantitative estimate of drug-likeness (QED) is 0.700. The molecule has 3 amide bonds. The summed E-state index contributed by atoms with van der Waals surface area (Å²) >= 11 is 0. The molecule has 6 nitrogen and oxygen atoms in total. The lowest BCUT2D eigenvalue weighted by Crippen LogP contribution is -2.51. The van der Waals surface area contributed by atoms with E-state index in [0.717, 1.165) is 33.4 Å². The fraction of sp³-hybridized carbons (Fsp3) is 0.292. The van der Waals surface area contributed by atoms with Gasteiger partial charge in [-0.2, -0.15) is 0 Å². The van der Waals surface area contributed by atoms with Crippen LogP contribution in [0.1, 0.15) is 27.2 Å². The zero-order valence-electron chi connectivity index (χ0n) is 17.6. The van der Waals surface area contributed by atoms with Crippen molar-refractivity contribution in [1.29, 1.82) is 0 Å². The number of amides is 3. The number of piperazine rings is 1. The minimum Gasteiger partial charge on any atom is -0.335 e. The molecule has 4 rings (SSSR count). The van der Waals surface area contributed by atoms with E-state index in [1.807, 2.05) is 74.2 Å². The Morgan fingerprint density at radius 3 is 2.30 bits per heavy atom. The number of anilines is 1. The van der Waals surface area contributed by atoms with Crippen LogP contribution in [0.2, 0.25) is 0 Å². The van der Waals surface area contributed by atoms with Crippen molar-refractivity contribution >= 4 is 28.5 Å². The number of aryl methyl sites for hydroxylation is 3. The van der Waals surface area contributed by atoms with Crippen LogP contribution in [0.3, 0.4) is 0 Å². The van der Waals surface area contributed by atoms with Crippen molar-refractivity contribution < 1.29 is 9.59 Å². The minimum absolute atomic E-state index is 0.0258. The van der Waals surface area contributed by atoms with Crippen LogP contribution in [0.5, 0.6) is 0 Å². The molecule has 6 heteroatoms. The zero-order valence-corrected chi connectivity index (χ0v) is 17.6. The summed E-state index contributed by atoms with van der Waals surface area (Å²) in [7, 11) is 0. The number of hydrogen-bond acceptors (Lipinski definition) is 3. The fourth-order valence-corrected chi connectivity index (χ4v) is 3.82. The summed E-state index contributed by atoms with van der Waals surface area (Å²) in [6, 6.07) is 15.6. The van der Waals surface area contributed by atoms with Crippen LogP contribution in [0.4, 0.5) is 10.5 Å². The predicted octanol–water partition coefficient (Wildman–Crippen LogP) is 4.15. The van der Waals surface area contributed by atoms with Gasteiger partial charge in [-0.1, -0.05) is 23.8 Å². The van der Waals surface area contributed by atoms with Crippen LogP contribution < -0.4 is 5.32 Å². The lowest BCUT2D eigenvalue weighted by atomic mass is 10.1. The van der Waals surface area contributed by atoms with E-state index in [9.17, 15) is 9.59 Å². The first-order valence-corrected chi connectivity index (χ1v) is 10.2. The van der Waals surface area contributed by atoms with Gasteiger partial charge in [0.15, 0.2) is 0 Å². The number of rotatable bonds is 2. The highest BCUT2D eigenvalue weighted by molar-refractivity contribution is 5.99. The van der Waals surface area contributed by atoms with Crippen molar-refractivity contribution in [2.24, 2.45) is 0 Å². The van der Waals surface area contributed by atoms with E-state index in [4.69, 9.17) is 0 Å². The summed E-state index contributed by atoms with van der Waals surface area (Å²) in [4.78, 5) is 33.8. The number of pyridine rings is 1. The zero-order chi connectivity index (χ0) is 21.3. The molecule has 0 spiro atoms. The monoisotopic (exact) mass is 402 g/mol. The predicted molar refractivity (Wildman–Crippen MR) is 119 cm³/mol. The summed E-state index contributed by atoms with van der Waals surface area (Å²) in [6.45, 7) is 7.91. The van der Waals surface area contributed by atoms with Gasteiger partial charge in [0.05, 0.1) is 16.8 Å². The maximum Gasteiger partial charge on any atom is 0.321 e. The number of carbonyl (C=O) groups is 2. The Hall–Kier alpha value is -3.41. The van der Waals surface area contributed by atoms with Gasteiger partial charge in [-0.25, -0.2) is 4.79 Å². The number of nitrogens with zero attached hydrogens (tertiary/aromatic N) is 3. The highest BCUT2D eigenvalue weighted by Crippen LogP contribution is 2.20. The Labute approximate surface area is 176 Å². The topological polar surface area (TPSA) is 65.5 Å². The van der Waals surface area contributed by atoms with Gasteiger partial charge in [-0.05, 0) is 56.7 Å². The van der Waals surface area contributed by atoms with Crippen LogP contribution >= 0.6 is 0 Å². The normalized spacial score (nSPS) is 14.1. The molecule has 30 heavy (non-hydrogen) atoms. The van der Waals surface area contributed by atoms with Gasteiger partial charge in [0.1, 0.15) is 0 Å². The van der Waals surface area contributed by atoms with E-state index in [1.165, 1.54) is 0 Å². The Balaban J connectivity index is 1.42. The third kappa shape index (κ3) is 4.13. The highest BCUT2D eigenvalue weighted by Gasteiger charge is 2.26. The van der Waals surface area contributed by atoms with Gasteiger partial charge < -0.3 is 15.1 Å². The first kappa shape index (κ1) is 19.9. The van der Waals surface area contributed by atoms with Crippen LogP contribution in [0, 0.1) is 20.8 Å². The molecular weight excluding hydrogens is 376 g/mol. The van der Waals surface area contributed by atoms with Gasteiger partial charge in [-0.15, -0.1) is 0 Å². The first-order valence-electron chi connectivity index (χ1n) is 10.2. The van der Waals surface area contributed by atoms with Crippen molar-refractivity contribution in [3.05, 3.63) is 70.9 Å². The average Bonchev–Trinajstić information content (AvgIpc) is 2.73. The molecule has 1 fully saturated rings. The number of carbonyl (C=O) groups excluding carboxylic acids is 2. The van der Waals surface area contributed by atoms with Gasteiger partial charge in [0.25, 0.3) is 5.91 Å². The van der Waals surface area contributed by atoms with Gasteiger partial charge >= 0.3 is 6.03 Å². The molecule has 0 radical (unpaired) electrons. The van der Waals surface area contributed by atoms with Crippen molar-refractivity contribution in [2.75, 3.05) is 31.5 Å². The second-order valence-electron chi connectivity index (χ2n) is 7.90. The summed E-state index contributed by atoms with van der Waals surface area (Å²) in [5.41, 5.74) is 5.28. The summed E-state index contributed by atoms with van der Waals surface area (Å²) < 4.78 is 0. The largest absolute Gasteiger partial charge is 0.335 e. The smallest absolute Gasteiger partial charge is 0.321 e. The molecule has 1 aromatic heterocycles. The van der Waals surface area contributed by atoms with Crippen LogP contribution in [0.15, 0.2) is 48.5 Å². The Morgan fingerprint density at radius 2 is 1.57 bits per heavy atom. The molecule has 1 N–H and O–H groups in total. The minimum atomic E-state index is -0.133.